The Kier molecular flexibility index (Phi) is 4.65. The van der Waals surface area contributed by atoms with Crippen LogP contribution in [0.4, 0.5) is 0 Å². The van der Waals surface area contributed by atoms with Gasteiger partial charge in [-0.05, 0) is 46.2 Å². The zero-order chi connectivity index (χ0) is 20.9. The molecule has 150 valence electrons. The van der Waals surface area contributed by atoms with Crippen LogP contribution in [0.25, 0.3) is 16.9 Å². The first-order valence-corrected chi connectivity index (χ1v) is 9.96. The van der Waals surface area contributed by atoms with E-state index >= 15 is 0 Å². The number of hydrogen-bond acceptors (Lipinski definition) is 3. The summed E-state index contributed by atoms with van der Waals surface area (Å²) in [4.78, 5) is 17.7. The van der Waals surface area contributed by atoms with Gasteiger partial charge in [0, 0.05) is 35.3 Å². The zero-order valence-corrected chi connectivity index (χ0v) is 17.9. The summed E-state index contributed by atoms with van der Waals surface area (Å²) in [6.07, 6.45) is 0. The lowest BCUT2D eigenvalue weighted by atomic mass is 10.1. The van der Waals surface area contributed by atoms with Crippen LogP contribution >= 0.6 is 0 Å². The molecule has 0 radical (unpaired) electrons. The molecule has 0 bridgehead atoms. The van der Waals surface area contributed by atoms with Crippen molar-refractivity contribution in [3.05, 3.63) is 74.5 Å². The normalized spacial score (nSPS) is 12.6. The summed E-state index contributed by atoms with van der Waals surface area (Å²) < 4.78 is 3.55. The van der Waals surface area contributed by atoms with E-state index < -0.39 is 0 Å². The van der Waals surface area contributed by atoms with Crippen molar-refractivity contribution >= 4 is 5.65 Å². The summed E-state index contributed by atoms with van der Waals surface area (Å²) in [5.74, 6) is 0.0711. The first kappa shape index (κ1) is 19.2. The molecule has 0 saturated carbocycles. The number of nitrogens with zero attached hydrogens (tertiary/aromatic N) is 4. The maximum Gasteiger partial charge on any atom is 0.272 e. The van der Waals surface area contributed by atoms with Crippen molar-refractivity contribution < 1.29 is 0 Å². The van der Waals surface area contributed by atoms with Crippen LogP contribution < -0.4 is 5.56 Å². The molecule has 6 nitrogen and oxygen atoms in total. The van der Waals surface area contributed by atoms with Gasteiger partial charge in [-0.1, -0.05) is 30.7 Å². The molecular formula is C23H27N5O. The van der Waals surface area contributed by atoms with Gasteiger partial charge in [-0.2, -0.15) is 5.10 Å². The highest BCUT2D eigenvalue weighted by Crippen LogP contribution is 2.26. The van der Waals surface area contributed by atoms with Crippen LogP contribution in [0, 0.1) is 34.6 Å². The van der Waals surface area contributed by atoms with Crippen molar-refractivity contribution in [2.45, 2.75) is 54.0 Å². The molecule has 3 aromatic heterocycles. The predicted octanol–water partition coefficient (Wildman–Crippen LogP) is 4.23. The fraction of sp³-hybridized carbons (Fsp3) is 0.348. The van der Waals surface area contributed by atoms with Crippen LogP contribution in [-0.2, 0) is 6.54 Å². The average molecular weight is 390 g/mol. The molecule has 0 spiro atoms. The lowest BCUT2D eigenvalue weighted by Gasteiger charge is -2.13. The van der Waals surface area contributed by atoms with Crippen LogP contribution in [-0.4, -0.2) is 24.4 Å². The molecule has 3 heterocycles. The monoisotopic (exact) mass is 389 g/mol. The molecule has 0 saturated heterocycles. The first-order valence-electron chi connectivity index (χ1n) is 9.96. The molecule has 0 aliphatic rings. The van der Waals surface area contributed by atoms with E-state index in [-0.39, 0.29) is 11.5 Å². The van der Waals surface area contributed by atoms with Gasteiger partial charge in [0.1, 0.15) is 0 Å². The summed E-state index contributed by atoms with van der Waals surface area (Å²) in [5.41, 5.74) is 8.93. The Bertz CT molecular complexity index is 1270. The molecule has 29 heavy (non-hydrogen) atoms. The fourth-order valence-corrected chi connectivity index (χ4v) is 3.82. The van der Waals surface area contributed by atoms with Crippen molar-refractivity contribution in [3.63, 3.8) is 0 Å². The molecule has 1 atom stereocenters. The summed E-state index contributed by atoms with van der Waals surface area (Å²) in [5, 5.41) is 7.86. The molecule has 6 heteroatoms. The van der Waals surface area contributed by atoms with E-state index in [1.807, 2.05) is 30.7 Å². The van der Waals surface area contributed by atoms with Gasteiger partial charge in [-0.3, -0.25) is 14.6 Å². The van der Waals surface area contributed by atoms with E-state index in [4.69, 9.17) is 4.98 Å². The second-order valence-electron chi connectivity index (χ2n) is 8.04. The number of aryl methyl sites for hydroxylation is 3. The van der Waals surface area contributed by atoms with Gasteiger partial charge in [0.05, 0.1) is 17.1 Å². The molecule has 0 fully saturated rings. The molecule has 4 aromatic rings. The number of fused-ring (bicyclic) bond motifs is 1. The number of rotatable bonds is 4. The Balaban J connectivity index is 1.76. The third-order valence-corrected chi connectivity index (χ3v) is 5.87. The van der Waals surface area contributed by atoms with Crippen LogP contribution in [0.1, 0.15) is 46.6 Å². The van der Waals surface area contributed by atoms with Gasteiger partial charge in [-0.15, -0.1) is 0 Å². The van der Waals surface area contributed by atoms with Crippen LogP contribution in [0.5, 0.6) is 0 Å². The minimum atomic E-state index is -0.0941. The minimum Gasteiger partial charge on any atom is -0.289 e. The first-order chi connectivity index (χ1) is 13.8. The minimum absolute atomic E-state index is 0.0711. The van der Waals surface area contributed by atoms with E-state index in [2.05, 4.69) is 50.0 Å². The summed E-state index contributed by atoms with van der Waals surface area (Å²) >= 11 is 0. The van der Waals surface area contributed by atoms with E-state index in [0.29, 0.717) is 12.2 Å². The van der Waals surface area contributed by atoms with Crippen LogP contribution in [0.3, 0.4) is 0 Å². The smallest absolute Gasteiger partial charge is 0.272 e. The van der Waals surface area contributed by atoms with E-state index in [1.165, 1.54) is 15.6 Å². The van der Waals surface area contributed by atoms with Crippen LogP contribution in [0.15, 0.2) is 35.1 Å². The van der Waals surface area contributed by atoms with Crippen molar-refractivity contribution in [1.82, 2.24) is 24.4 Å². The Morgan fingerprint density at radius 2 is 1.83 bits per heavy atom. The zero-order valence-electron chi connectivity index (χ0n) is 17.9. The third kappa shape index (κ3) is 3.28. The fourth-order valence-electron chi connectivity index (χ4n) is 3.82. The van der Waals surface area contributed by atoms with Crippen LogP contribution in [0.2, 0.25) is 0 Å². The number of H-pyrrole nitrogens is 1. The lowest BCUT2D eigenvalue weighted by molar-refractivity contribution is 0.520. The number of aromatic nitrogens is 5. The van der Waals surface area contributed by atoms with E-state index in [9.17, 15) is 4.79 Å². The van der Waals surface area contributed by atoms with Gasteiger partial charge >= 0.3 is 0 Å². The predicted molar refractivity (Wildman–Crippen MR) is 116 cm³/mol. The lowest BCUT2D eigenvalue weighted by Crippen LogP contribution is -2.18. The molecule has 0 aliphatic carbocycles. The van der Waals surface area contributed by atoms with Crippen molar-refractivity contribution in [3.8, 4) is 11.3 Å². The van der Waals surface area contributed by atoms with Gasteiger partial charge < -0.3 is 0 Å². The molecular weight excluding hydrogens is 362 g/mol. The maximum atomic E-state index is 12.8. The van der Waals surface area contributed by atoms with Crippen molar-refractivity contribution in [2.75, 3.05) is 0 Å². The molecule has 4 rings (SSSR count). The molecule has 0 aliphatic heterocycles. The van der Waals surface area contributed by atoms with Crippen molar-refractivity contribution in [1.29, 1.82) is 0 Å². The molecule has 1 unspecified atom stereocenters. The standard InChI is InChI=1S/C23H27N5O/c1-13-8-7-9-19(10-13)22-16(4)23-24-20(11-21(29)28(23)26-22)14(2)12-27-18(6)15(3)17(5)25-27/h7-11,14,26H,12H2,1-6H3. The SMILES string of the molecule is Cc1cccc(-c2[nH]n3c(=O)cc(C(C)Cn4nc(C)c(C)c4C)nc3c2C)c1. The number of benzene rings is 1. The molecule has 0 amide bonds. The third-order valence-electron chi connectivity index (χ3n) is 5.87. The van der Waals surface area contributed by atoms with E-state index in [1.54, 1.807) is 6.07 Å². The average Bonchev–Trinajstić information content (AvgIpc) is 3.14. The maximum absolute atomic E-state index is 12.8. The largest absolute Gasteiger partial charge is 0.289 e. The van der Waals surface area contributed by atoms with Gasteiger partial charge in [0.25, 0.3) is 5.56 Å². The highest BCUT2D eigenvalue weighted by Gasteiger charge is 2.18. The summed E-state index contributed by atoms with van der Waals surface area (Å²) in [7, 11) is 0. The Morgan fingerprint density at radius 1 is 1.07 bits per heavy atom. The highest BCUT2D eigenvalue weighted by atomic mass is 16.1. The van der Waals surface area contributed by atoms with Gasteiger partial charge in [-0.25, -0.2) is 9.50 Å². The second-order valence-corrected chi connectivity index (χ2v) is 8.04. The topological polar surface area (TPSA) is 68.0 Å². The summed E-state index contributed by atoms with van der Waals surface area (Å²) in [6, 6.07) is 9.87. The van der Waals surface area contributed by atoms with Gasteiger partial charge in [0.2, 0.25) is 0 Å². The molecule has 1 aromatic carbocycles. The second kappa shape index (κ2) is 7.03. The Hall–Kier alpha value is -3.15. The number of hydrogen-bond donors (Lipinski definition) is 1. The molecule has 1 N–H and O–H groups in total. The van der Waals surface area contributed by atoms with E-state index in [0.717, 1.165) is 33.9 Å². The highest BCUT2D eigenvalue weighted by molar-refractivity contribution is 5.70. The Morgan fingerprint density at radius 3 is 2.48 bits per heavy atom. The number of aromatic amines is 1. The number of nitrogens with one attached hydrogen (secondary N) is 1. The quantitative estimate of drug-likeness (QED) is 0.568. The summed E-state index contributed by atoms with van der Waals surface area (Å²) in [6.45, 7) is 13.0. The Labute approximate surface area is 170 Å². The van der Waals surface area contributed by atoms with Crippen molar-refractivity contribution in [2.24, 2.45) is 0 Å². The van der Waals surface area contributed by atoms with Gasteiger partial charge in [0.15, 0.2) is 5.65 Å².